The molecule has 0 aromatic heterocycles. The smallest absolute Gasteiger partial charge is 0.244 e. The van der Waals surface area contributed by atoms with E-state index in [0.717, 1.165) is 27.6 Å². The van der Waals surface area contributed by atoms with Crippen LogP contribution >= 0.6 is 15.9 Å². The average Bonchev–Trinajstić information content (AvgIpc) is 2.51. The number of aryl methyl sites for hydroxylation is 2. The first kappa shape index (κ1) is 16.4. The Hall–Kier alpha value is -1.94. The Labute approximate surface area is 139 Å². The lowest BCUT2D eigenvalue weighted by atomic mass is 10.1. The van der Waals surface area contributed by atoms with E-state index in [-0.39, 0.29) is 5.91 Å². The van der Waals surface area contributed by atoms with Gasteiger partial charge in [-0.1, -0.05) is 59.3 Å². The third-order valence-electron chi connectivity index (χ3n) is 3.39. The van der Waals surface area contributed by atoms with E-state index in [9.17, 15) is 4.79 Å². The lowest BCUT2D eigenvalue weighted by Gasteiger charge is -2.02. The van der Waals surface area contributed by atoms with Gasteiger partial charge in [0.05, 0.1) is 12.6 Å². The molecular weight excluding hydrogens is 340 g/mol. The minimum atomic E-state index is -0.119. The van der Waals surface area contributed by atoms with Crippen molar-refractivity contribution in [2.24, 2.45) is 5.10 Å². The third-order valence-corrected chi connectivity index (χ3v) is 4.25. The van der Waals surface area contributed by atoms with Crippen LogP contribution in [0.5, 0.6) is 0 Å². The highest BCUT2D eigenvalue weighted by Gasteiger charge is 2.02. The molecule has 0 radical (unpaired) electrons. The minimum absolute atomic E-state index is 0.119. The summed E-state index contributed by atoms with van der Waals surface area (Å²) < 4.78 is 1.03. The summed E-state index contributed by atoms with van der Waals surface area (Å²) in [6, 6.07) is 14.0. The van der Waals surface area contributed by atoms with Crippen molar-refractivity contribution < 1.29 is 4.79 Å². The van der Waals surface area contributed by atoms with E-state index in [1.54, 1.807) is 6.21 Å². The van der Waals surface area contributed by atoms with Gasteiger partial charge in [-0.15, -0.1) is 0 Å². The Morgan fingerprint density at radius 1 is 1.18 bits per heavy atom. The SMILES string of the molecule is CCc1ccc(CC(=O)N/N=C/c2ccc(C)c(Br)c2)cc1. The van der Waals surface area contributed by atoms with Gasteiger partial charge in [-0.2, -0.15) is 5.10 Å². The van der Waals surface area contributed by atoms with Crippen LogP contribution in [0.1, 0.15) is 29.2 Å². The first-order valence-electron chi connectivity index (χ1n) is 7.24. The average molecular weight is 359 g/mol. The van der Waals surface area contributed by atoms with Crippen molar-refractivity contribution in [1.29, 1.82) is 0 Å². The van der Waals surface area contributed by atoms with E-state index in [1.807, 2.05) is 37.3 Å². The number of hydrogen-bond donors (Lipinski definition) is 1. The van der Waals surface area contributed by atoms with Crippen molar-refractivity contribution in [1.82, 2.24) is 5.43 Å². The second-order valence-electron chi connectivity index (χ2n) is 5.15. The highest BCUT2D eigenvalue weighted by atomic mass is 79.9. The van der Waals surface area contributed by atoms with Crippen LogP contribution in [-0.2, 0) is 17.6 Å². The Morgan fingerprint density at radius 3 is 2.50 bits per heavy atom. The minimum Gasteiger partial charge on any atom is -0.273 e. The summed E-state index contributed by atoms with van der Waals surface area (Å²) >= 11 is 3.47. The third kappa shape index (κ3) is 4.81. The van der Waals surface area contributed by atoms with Gasteiger partial charge in [0.25, 0.3) is 0 Å². The van der Waals surface area contributed by atoms with Crippen molar-refractivity contribution >= 4 is 28.1 Å². The molecule has 0 fully saturated rings. The molecule has 22 heavy (non-hydrogen) atoms. The summed E-state index contributed by atoms with van der Waals surface area (Å²) in [6.07, 6.45) is 2.98. The van der Waals surface area contributed by atoms with Crippen molar-refractivity contribution in [3.8, 4) is 0 Å². The fraction of sp³-hybridized carbons (Fsp3) is 0.222. The van der Waals surface area contributed by atoms with Crippen molar-refractivity contribution in [2.45, 2.75) is 26.7 Å². The Morgan fingerprint density at radius 2 is 1.86 bits per heavy atom. The van der Waals surface area contributed by atoms with Crippen LogP contribution in [0.3, 0.4) is 0 Å². The lowest BCUT2D eigenvalue weighted by molar-refractivity contribution is -0.120. The zero-order valence-corrected chi connectivity index (χ0v) is 14.4. The molecule has 4 heteroatoms. The van der Waals surface area contributed by atoms with Crippen LogP contribution in [0.15, 0.2) is 52.0 Å². The first-order valence-corrected chi connectivity index (χ1v) is 8.03. The zero-order chi connectivity index (χ0) is 15.9. The molecule has 2 aromatic carbocycles. The number of amides is 1. The maximum atomic E-state index is 11.8. The van der Waals surface area contributed by atoms with Gasteiger partial charge in [-0.25, -0.2) is 5.43 Å². The molecule has 0 heterocycles. The maximum absolute atomic E-state index is 11.8. The molecular formula is C18H19BrN2O. The molecule has 0 bridgehead atoms. The molecule has 3 nitrogen and oxygen atoms in total. The zero-order valence-electron chi connectivity index (χ0n) is 12.8. The van der Waals surface area contributed by atoms with Crippen LogP contribution in [0.2, 0.25) is 0 Å². The standard InChI is InChI=1S/C18H19BrN2O/c1-3-14-6-8-15(9-7-14)11-18(22)21-20-12-16-5-4-13(2)17(19)10-16/h4-10,12H,3,11H2,1-2H3,(H,21,22)/b20-12+. The topological polar surface area (TPSA) is 41.5 Å². The number of rotatable bonds is 5. The lowest BCUT2D eigenvalue weighted by Crippen LogP contribution is -2.19. The summed E-state index contributed by atoms with van der Waals surface area (Å²) in [5, 5.41) is 4.00. The fourth-order valence-electron chi connectivity index (χ4n) is 1.99. The monoisotopic (exact) mass is 358 g/mol. The molecule has 0 aliphatic heterocycles. The number of hydrazone groups is 1. The number of nitrogens with one attached hydrogen (secondary N) is 1. The van der Waals surface area contributed by atoms with E-state index in [0.29, 0.717) is 6.42 Å². The molecule has 2 aromatic rings. The molecule has 0 aliphatic carbocycles. The molecule has 0 aliphatic rings. The van der Waals surface area contributed by atoms with Gasteiger partial charge in [0.15, 0.2) is 0 Å². The van der Waals surface area contributed by atoms with Crippen molar-refractivity contribution in [3.05, 3.63) is 69.2 Å². The number of halogens is 1. The maximum Gasteiger partial charge on any atom is 0.244 e. The summed E-state index contributed by atoms with van der Waals surface area (Å²) in [6.45, 7) is 4.14. The second kappa shape index (κ2) is 7.90. The van der Waals surface area contributed by atoms with E-state index in [1.165, 1.54) is 5.56 Å². The molecule has 1 amide bonds. The van der Waals surface area contributed by atoms with Gasteiger partial charge >= 0.3 is 0 Å². The molecule has 0 spiro atoms. The van der Waals surface area contributed by atoms with Crippen LogP contribution in [0.25, 0.3) is 0 Å². The predicted molar refractivity (Wildman–Crippen MR) is 94.1 cm³/mol. The van der Waals surface area contributed by atoms with Gasteiger partial charge in [0.1, 0.15) is 0 Å². The summed E-state index contributed by atoms with van der Waals surface area (Å²) in [5.74, 6) is -0.119. The second-order valence-corrected chi connectivity index (χ2v) is 6.00. The molecule has 0 saturated heterocycles. The number of carbonyl (C=O) groups excluding carboxylic acids is 1. The van der Waals surface area contributed by atoms with Crippen LogP contribution in [0, 0.1) is 6.92 Å². The van der Waals surface area contributed by atoms with E-state index in [2.05, 4.69) is 45.5 Å². The number of hydrogen-bond acceptors (Lipinski definition) is 2. The number of nitrogens with zero attached hydrogens (tertiary/aromatic N) is 1. The summed E-state index contributed by atoms with van der Waals surface area (Å²) in [7, 11) is 0. The van der Waals surface area contributed by atoms with Crippen LogP contribution < -0.4 is 5.43 Å². The van der Waals surface area contributed by atoms with E-state index < -0.39 is 0 Å². The molecule has 0 saturated carbocycles. The molecule has 0 unspecified atom stereocenters. The fourth-order valence-corrected chi connectivity index (χ4v) is 2.38. The normalized spacial score (nSPS) is 10.9. The quantitative estimate of drug-likeness (QED) is 0.636. The van der Waals surface area contributed by atoms with Crippen LogP contribution in [0.4, 0.5) is 0 Å². The van der Waals surface area contributed by atoms with Crippen molar-refractivity contribution in [3.63, 3.8) is 0 Å². The molecule has 1 N–H and O–H groups in total. The summed E-state index contributed by atoms with van der Waals surface area (Å²) in [5.41, 5.74) is 6.92. The van der Waals surface area contributed by atoms with Gasteiger partial charge in [0, 0.05) is 4.47 Å². The molecule has 0 atom stereocenters. The van der Waals surface area contributed by atoms with Gasteiger partial charge in [-0.05, 0) is 41.7 Å². The highest BCUT2D eigenvalue weighted by molar-refractivity contribution is 9.10. The number of benzene rings is 2. The first-order chi connectivity index (χ1) is 10.6. The number of carbonyl (C=O) groups is 1. The molecule has 2 rings (SSSR count). The predicted octanol–water partition coefficient (Wildman–Crippen LogP) is 4.01. The van der Waals surface area contributed by atoms with Crippen LogP contribution in [-0.4, -0.2) is 12.1 Å². The van der Waals surface area contributed by atoms with Gasteiger partial charge in [0.2, 0.25) is 5.91 Å². The highest BCUT2D eigenvalue weighted by Crippen LogP contribution is 2.16. The van der Waals surface area contributed by atoms with Crippen molar-refractivity contribution in [2.75, 3.05) is 0 Å². The molecule has 114 valence electrons. The Kier molecular flexibility index (Phi) is 5.90. The largest absolute Gasteiger partial charge is 0.273 e. The Bertz CT molecular complexity index is 678. The van der Waals surface area contributed by atoms with E-state index >= 15 is 0 Å². The van der Waals surface area contributed by atoms with Gasteiger partial charge < -0.3 is 0 Å². The van der Waals surface area contributed by atoms with Gasteiger partial charge in [-0.3, -0.25) is 4.79 Å². The Balaban J connectivity index is 1.88. The summed E-state index contributed by atoms with van der Waals surface area (Å²) in [4.78, 5) is 11.8. The van der Waals surface area contributed by atoms with E-state index in [4.69, 9.17) is 0 Å².